The Labute approximate surface area is 108 Å². The molecule has 17 heavy (non-hydrogen) atoms. The molecule has 0 spiro atoms. The molecule has 0 saturated carbocycles. The SMILES string of the molecule is CNC(C)c1nnnn1-c1ccc(C)c(Br)c1. The highest BCUT2D eigenvalue weighted by molar-refractivity contribution is 9.10. The van der Waals surface area contributed by atoms with Crippen molar-refractivity contribution in [2.45, 2.75) is 19.9 Å². The molecule has 1 atom stereocenters. The predicted octanol–water partition coefficient (Wildman–Crippen LogP) is 2.01. The number of nitrogens with one attached hydrogen (secondary N) is 1. The first kappa shape index (κ1) is 12.2. The molecule has 0 amide bonds. The van der Waals surface area contributed by atoms with Crippen molar-refractivity contribution in [3.63, 3.8) is 0 Å². The predicted molar refractivity (Wildman–Crippen MR) is 69.1 cm³/mol. The van der Waals surface area contributed by atoms with Crippen molar-refractivity contribution in [2.75, 3.05) is 7.05 Å². The Kier molecular flexibility index (Phi) is 3.54. The van der Waals surface area contributed by atoms with E-state index in [4.69, 9.17) is 0 Å². The molecule has 1 heterocycles. The van der Waals surface area contributed by atoms with Crippen molar-refractivity contribution in [3.05, 3.63) is 34.1 Å². The second kappa shape index (κ2) is 4.93. The first-order chi connectivity index (χ1) is 8.13. The molecular formula is C11H14BrN5. The molecule has 0 aliphatic rings. The molecule has 2 rings (SSSR count). The lowest BCUT2D eigenvalue weighted by molar-refractivity contribution is 0.588. The zero-order chi connectivity index (χ0) is 12.4. The summed E-state index contributed by atoms with van der Waals surface area (Å²) >= 11 is 3.51. The summed E-state index contributed by atoms with van der Waals surface area (Å²) in [6, 6.07) is 6.15. The van der Waals surface area contributed by atoms with Gasteiger partial charge in [0.15, 0.2) is 5.82 Å². The summed E-state index contributed by atoms with van der Waals surface area (Å²) in [6.07, 6.45) is 0. The maximum Gasteiger partial charge on any atom is 0.173 e. The maximum atomic E-state index is 4.04. The van der Waals surface area contributed by atoms with Gasteiger partial charge in [0.05, 0.1) is 11.7 Å². The van der Waals surface area contributed by atoms with Gasteiger partial charge in [0.1, 0.15) is 0 Å². The van der Waals surface area contributed by atoms with E-state index in [0.717, 1.165) is 16.0 Å². The van der Waals surface area contributed by atoms with Crippen LogP contribution in [0, 0.1) is 6.92 Å². The van der Waals surface area contributed by atoms with Gasteiger partial charge in [-0.1, -0.05) is 22.0 Å². The fourth-order valence-corrected chi connectivity index (χ4v) is 1.86. The lowest BCUT2D eigenvalue weighted by Gasteiger charge is -2.10. The van der Waals surface area contributed by atoms with Gasteiger partial charge in [-0.05, 0) is 49.0 Å². The van der Waals surface area contributed by atoms with Gasteiger partial charge < -0.3 is 5.32 Å². The second-order valence-corrected chi connectivity index (χ2v) is 4.75. The van der Waals surface area contributed by atoms with Crippen LogP contribution in [0.4, 0.5) is 0 Å². The highest BCUT2D eigenvalue weighted by Crippen LogP contribution is 2.21. The van der Waals surface area contributed by atoms with Gasteiger partial charge in [-0.3, -0.25) is 0 Å². The Balaban J connectivity index is 2.46. The minimum atomic E-state index is 0.102. The minimum absolute atomic E-state index is 0.102. The lowest BCUT2D eigenvalue weighted by Crippen LogP contribution is -2.17. The standard InChI is InChI=1S/C11H14BrN5/c1-7-4-5-9(6-10(7)12)17-11(8(2)13-3)14-15-16-17/h4-6,8,13H,1-3H3. The Morgan fingerprint density at radius 2 is 2.18 bits per heavy atom. The fourth-order valence-electron chi connectivity index (χ4n) is 1.49. The van der Waals surface area contributed by atoms with E-state index in [9.17, 15) is 0 Å². The van der Waals surface area contributed by atoms with Gasteiger partial charge >= 0.3 is 0 Å². The molecule has 6 heteroatoms. The normalized spacial score (nSPS) is 12.7. The van der Waals surface area contributed by atoms with Crippen LogP contribution in [0.5, 0.6) is 0 Å². The van der Waals surface area contributed by atoms with E-state index in [1.54, 1.807) is 4.68 Å². The smallest absolute Gasteiger partial charge is 0.173 e. The van der Waals surface area contributed by atoms with Gasteiger partial charge in [-0.15, -0.1) is 5.10 Å². The van der Waals surface area contributed by atoms with Crippen LogP contribution in [0.15, 0.2) is 22.7 Å². The summed E-state index contributed by atoms with van der Waals surface area (Å²) in [5, 5.41) is 14.9. The number of aryl methyl sites for hydroxylation is 1. The number of tetrazole rings is 1. The quantitative estimate of drug-likeness (QED) is 0.941. The number of aromatic nitrogens is 4. The topological polar surface area (TPSA) is 55.6 Å². The number of hydrogen-bond acceptors (Lipinski definition) is 4. The van der Waals surface area contributed by atoms with Crippen LogP contribution in [0.25, 0.3) is 5.69 Å². The summed E-state index contributed by atoms with van der Waals surface area (Å²) in [4.78, 5) is 0. The van der Waals surface area contributed by atoms with Gasteiger partial charge in [-0.2, -0.15) is 4.68 Å². The summed E-state index contributed by atoms with van der Waals surface area (Å²) < 4.78 is 2.79. The van der Waals surface area contributed by atoms with E-state index in [1.807, 2.05) is 39.1 Å². The Hall–Kier alpha value is -1.27. The largest absolute Gasteiger partial charge is 0.311 e. The molecule has 0 radical (unpaired) electrons. The first-order valence-corrected chi connectivity index (χ1v) is 6.15. The van der Waals surface area contributed by atoms with E-state index >= 15 is 0 Å². The van der Waals surface area contributed by atoms with E-state index in [-0.39, 0.29) is 6.04 Å². The summed E-state index contributed by atoms with van der Waals surface area (Å²) in [7, 11) is 1.88. The molecule has 0 saturated heterocycles. The molecule has 5 nitrogen and oxygen atoms in total. The Morgan fingerprint density at radius 3 is 2.82 bits per heavy atom. The highest BCUT2D eigenvalue weighted by Gasteiger charge is 2.14. The van der Waals surface area contributed by atoms with Crippen LogP contribution < -0.4 is 5.32 Å². The monoisotopic (exact) mass is 295 g/mol. The van der Waals surface area contributed by atoms with Crippen molar-refractivity contribution in [3.8, 4) is 5.69 Å². The van der Waals surface area contributed by atoms with Crippen molar-refractivity contribution in [2.24, 2.45) is 0 Å². The second-order valence-electron chi connectivity index (χ2n) is 3.89. The van der Waals surface area contributed by atoms with E-state index in [2.05, 4.69) is 36.8 Å². The average molecular weight is 296 g/mol. The Bertz CT molecular complexity index is 522. The third-order valence-electron chi connectivity index (χ3n) is 2.71. The van der Waals surface area contributed by atoms with Gasteiger partial charge in [0.2, 0.25) is 0 Å². The molecule has 1 aromatic heterocycles. The third-order valence-corrected chi connectivity index (χ3v) is 3.57. The molecule has 0 aliphatic carbocycles. The van der Waals surface area contributed by atoms with Crippen molar-refractivity contribution in [1.82, 2.24) is 25.5 Å². The van der Waals surface area contributed by atoms with Crippen molar-refractivity contribution >= 4 is 15.9 Å². The molecular weight excluding hydrogens is 282 g/mol. The van der Waals surface area contributed by atoms with E-state index < -0.39 is 0 Å². The number of rotatable bonds is 3. The van der Waals surface area contributed by atoms with Crippen LogP contribution >= 0.6 is 15.9 Å². The summed E-state index contributed by atoms with van der Waals surface area (Å²) in [5.74, 6) is 0.795. The Morgan fingerprint density at radius 1 is 1.41 bits per heavy atom. The molecule has 90 valence electrons. The summed E-state index contributed by atoms with van der Waals surface area (Å²) in [5.41, 5.74) is 2.13. The van der Waals surface area contributed by atoms with Crippen LogP contribution in [0.1, 0.15) is 24.4 Å². The van der Waals surface area contributed by atoms with Crippen LogP contribution in [0.3, 0.4) is 0 Å². The zero-order valence-electron chi connectivity index (χ0n) is 9.98. The van der Waals surface area contributed by atoms with Gasteiger partial charge in [0.25, 0.3) is 0 Å². The minimum Gasteiger partial charge on any atom is -0.311 e. The molecule has 0 bridgehead atoms. The number of nitrogens with zero attached hydrogens (tertiary/aromatic N) is 4. The average Bonchev–Trinajstić information content (AvgIpc) is 2.80. The molecule has 0 aliphatic heterocycles. The fraction of sp³-hybridized carbons (Fsp3) is 0.364. The number of hydrogen-bond donors (Lipinski definition) is 1. The lowest BCUT2D eigenvalue weighted by atomic mass is 10.2. The third kappa shape index (κ3) is 2.37. The van der Waals surface area contributed by atoms with Crippen molar-refractivity contribution in [1.29, 1.82) is 0 Å². The number of halogens is 1. The van der Waals surface area contributed by atoms with E-state index in [0.29, 0.717) is 0 Å². The highest BCUT2D eigenvalue weighted by atomic mass is 79.9. The maximum absolute atomic E-state index is 4.04. The van der Waals surface area contributed by atoms with Crippen LogP contribution in [-0.4, -0.2) is 27.3 Å². The van der Waals surface area contributed by atoms with Crippen molar-refractivity contribution < 1.29 is 0 Å². The molecule has 0 fully saturated rings. The van der Waals surface area contributed by atoms with Crippen LogP contribution in [-0.2, 0) is 0 Å². The molecule has 1 aromatic carbocycles. The van der Waals surface area contributed by atoms with Gasteiger partial charge in [-0.25, -0.2) is 0 Å². The molecule has 2 aromatic rings. The molecule has 1 unspecified atom stereocenters. The number of benzene rings is 1. The zero-order valence-corrected chi connectivity index (χ0v) is 11.6. The van der Waals surface area contributed by atoms with Crippen LogP contribution in [0.2, 0.25) is 0 Å². The molecule has 1 N–H and O–H groups in total. The first-order valence-electron chi connectivity index (χ1n) is 5.35. The van der Waals surface area contributed by atoms with E-state index in [1.165, 1.54) is 5.56 Å². The summed E-state index contributed by atoms with van der Waals surface area (Å²) in [6.45, 7) is 4.07. The van der Waals surface area contributed by atoms with Gasteiger partial charge in [0, 0.05) is 4.47 Å².